The first-order chi connectivity index (χ1) is 18.0. The number of nitrogens with one attached hydrogen (secondary N) is 1. The lowest BCUT2D eigenvalue weighted by Gasteiger charge is -2.36. The largest absolute Gasteiger partial charge is 0.392 e. The highest BCUT2D eigenvalue weighted by Crippen LogP contribution is 2.35. The monoisotopic (exact) mass is 499 g/mol. The van der Waals surface area contributed by atoms with E-state index >= 15 is 0 Å². The van der Waals surface area contributed by atoms with Crippen molar-refractivity contribution in [1.29, 1.82) is 5.26 Å². The van der Waals surface area contributed by atoms with E-state index in [1.807, 2.05) is 55.6 Å². The predicted octanol–water partition coefficient (Wildman–Crippen LogP) is 4.22. The topological polar surface area (TPSA) is 113 Å². The van der Waals surface area contributed by atoms with Crippen LogP contribution in [0.1, 0.15) is 74.2 Å². The fourth-order valence-electron chi connectivity index (χ4n) is 5.53. The molecule has 1 aromatic heterocycles. The first-order valence-electron chi connectivity index (χ1n) is 13.1. The van der Waals surface area contributed by atoms with Crippen LogP contribution in [-0.2, 0) is 15.1 Å². The second kappa shape index (κ2) is 10.8. The van der Waals surface area contributed by atoms with Crippen molar-refractivity contribution in [2.45, 2.75) is 69.1 Å². The van der Waals surface area contributed by atoms with Crippen LogP contribution in [-0.4, -0.2) is 45.3 Å². The Bertz CT molecular complexity index is 1270. The maximum absolute atomic E-state index is 13.8. The van der Waals surface area contributed by atoms with E-state index in [0.29, 0.717) is 31.6 Å². The fraction of sp³-hybridized carbons (Fsp3) is 0.448. The molecule has 3 aromatic rings. The number of benzene rings is 2. The van der Waals surface area contributed by atoms with E-state index in [1.165, 1.54) is 0 Å². The summed E-state index contributed by atoms with van der Waals surface area (Å²) in [5.74, 6) is -0.136. The molecule has 3 atom stereocenters. The Morgan fingerprint density at radius 2 is 1.92 bits per heavy atom. The second-order valence-electron chi connectivity index (χ2n) is 10.2. The molecule has 5 rings (SSSR count). The summed E-state index contributed by atoms with van der Waals surface area (Å²) in [5.41, 5.74) is 3.48. The van der Waals surface area contributed by atoms with Gasteiger partial charge in [0, 0.05) is 32.0 Å². The third kappa shape index (κ3) is 5.15. The molecule has 8 heteroatoms. The normalized spacial score (nSPS) is 22.1. The molecule has 0 bridgehead atoms. The number of aliphatic hydroxyl groups is 1. The molecule has 1 saturated carbocycles. The van der Waals surface area contributed by atoms with E-state index < -0.39 is 11.6 Å². The lowest BCUT2D eigenvalue weighted by molar-refractivity contribution is -0.136. The third-order valence-corrected chi connectivity index (χ3v) is 7.88. The third-order valence-electron chi connectivity index (χ3n) is 7.88. The Morgan fingerprint density at radius 1 is 1.16 bits per heavy atom. The van der Waals surface area contributed by atoms with Gasteiger partial charge >= 0.3 is 0 Å². The molecular weight excluding hydrogens is 466 g/mol. The van der Waals surface area contributed by atoms with Gasteiger partial charge in [-0.3, -0.25) is 4.79 Å². The van der Waals surface area contributed by atoms with Crippen LogP contribution in [0.15, 0.2) is 54.7 Å². The number of nitriles is 1. The Morgan fingerprint density at radius 3 is 2.65 bits per heavy atom. The molecule has 1 saturated heterocycles. The van der Waals surface area contributed by atoms with Gasteiger partial charge in [-0.25, -0.2) is 4.68 Å². The van der Waals surface area contributed by atoms with Crippen molar-refractivity contribution in [3.8, 4) is 17.2 Å². The van der Waals surface area contributed by atoms with Crippen molar-refractivity contribution in [2.24, 2.45) is 0 Å². The minimum Gasteiger partial charge on any atom is -0.392 e. The van der Waals surface area contributed by atoms with Gasteiger partial charge in [-0.15, -0.1) is 5.10 Å². The zero-order chi connectivity index (χ0) is 25.8. The summed E-state index contributed by atoms with van der Waals surface area (Å²) in [6.45, 7) is 2.92. The highest BCUT2D eigenvalue weighted by molar-refractivity contribution is 5.85. The van der Waals surface area contributed by atoms with Crippen molar-refractivity contribution in [3.05, 3.63) is 71.5 Å². The summed E-state index contributed by atoms with van der Waals surface area (Å²) in [6, 6.07) is 17.5. The predicted molar refractivity (Wildman–Crippen MR) is 138 cm³/mol. The summed E-state index contributed by atoms with van der Waals surface area (Å²) in [4.78, 5) is 13.8. The number of rotatable bonds is 6. The highest BCUT2D eigenvalue weighted by atomic mass is 16.5. The molecular formula is C29H33N5O3. The van der Waals surface area contributed by atoms with Gasteiger partial charge in [0.2, 0.25) is 5.91 Å². The molecule has 0 spiro atoms. The Kier molecular flexibility index (Phi) is 7.36. The van der Waals surface area contributed by atoms with E-state index in [4.69, 9.17) is 4.74 Å². The quantitative estimate of drug-likeness (QED) is 0.525. The summed E-state index contributed by atoms with van der Waals surface area (Å²) in [6.07, 6.45) is 6.22. The van der Waals surface area contributed by atoms with Crippen LogP contribution >= 0.6 is 0 Å². The summed E-state index contributed by atoms with van der Waals surface area (Å²) < 4.78 is 7.30. The number of carbonyl (C=O) groups excluding carboxylic acids is 1. The fourth-order valence-corrected chi connectivity index (χ4v) is 5.53. The van der Waals surface area contributed by atoms with Gasteiger partial charge in [0.25, 0.3) is 0 Å². The van der Waals surface area contributed by atoms with Crippen LogP contribution in [0, 0.1) is 11.3 Å². The molecule has 192 valence electrons. The van der Waals surface area contributed by atoms with Crippen molar-refractivity contribution < 1.29 is 14.6 Å². The molecule has 0 radical (unpaired) electrons. The van der Waals surface area contributed by atoms with Gasteiger partial charge in [-0.1, -0.05) is 54.5 Å². The van der Waals surface area contributed by atoms with Crippen molar-refractivity contribution in [3.63, 3.8) is 0 Å². The van der Waals surface area contributed by atoms with Crippen molar-refractivity contribution >= 4 is 5.91 Å². The molecule has 8 nitrogen and oxygen atoms in total. The Balaban J connectivity index is 1.33. The summed E-state index contributed by atoms with van der Waals surface area (Å²) >= 11 is 0. The maximum atomic E-state index is 13.8. The van der Waals surface area contributed by atoms with E-state index in [0.717, 1.165) is 48.1 Å². The smallest absolute Gasteiger partial charge is 0.248 e. The minimum atomic E-state index is -0.880. The number of carbonyl (C=O) groups is 1. The molecule has 1 aliphatic carbocycles. The summed E-state index contributed by atoms with van der Waals surface area (Å²) in [5, 5.41) is 31.7. The lowest BCUT2D eigenvalue weighted by atomic mass is 9.84. The van der Waals surface area contributed by atoms with E-state index in [1.54, 1.807) is 10.7 Å². The van der Waals surface area contributed by atoms with Crippen LogP contribution in [0.25, 0.3) is 11.1 Å². The molecule has 37 heavy (non-hydrogen) atoms. The van der Waals surface area contributed by atoms with Gasteiger partial charge in [0.1, 0.15) is 5.54 Å². The zero-order valence-electron chi connectivity index (χ0n) is 21.1. The number of hydrogen-bond donors (Lipinski definition) is 2. The first-order valence-corrected chi connectivity index (χ1v) is 13.1. The maximum Gasteiger partial charge on any atom is 0.248 e. The molecule has 1 aliphatic heterocycles. The van der Waals surface area contributed by atoms with E-state index in [-0.39, 0.29) is 17.9 Å². The molecule has 2 fully saturated rings. The summed E-state index contributed by atoms with van der Waals surface area (Å²) in [7, 11) is 0. The minimum absolute atomic E-state index is 0.0336. The zero-order valence-corrected chi connectivity index (χ0v) is 21.1. The number of nitrogens with zero attached hydrogens (tertiary/aromatic N) is 4. The average molecular weight is 500 g/mol. The molecule has 2 N–H and O–H groups in total. The lowest BCUT2D eigenvalue weighted by Crippen LogP contribution is -2.52. The van der Waals surface area contributed by atoms with Crippen molar-refractivity contribution in [1.82, 2.24) is 20.3 Å². The van der Waals surface area contributed by atoms with Crippen LogP contribution in [0.3, 0.4) is 0 Å². The first kappa shape index (κ1) is 25.1. The number of aromatic nitrogens is 3. The number of aliphatic hydroxyl groups excluding tert-OH is 1. The van der Waals surface area contributed by atoms with Gasteiger partial charge in [0.15, 0.2) is 0 Å². The average Bonchev–Trinajstić information content (AvgIpc) is 3.44. The Labute approximate surface area is 217 Å². The van der Waals surface area contributed by atoms with Crippen LogP contribution in [0.5, 0.6) is 0 Å². The van der Waals surface area contributed by atoms with Gasteiger partial charge in [-0.05, 0) is 48.6 Å². The number of hydrogen-bond acceptors (Lipinski definition) is 6. The highest BCUT2D eigenvalue weighted by Gasteiger charge is 2.44. The molecule has 1 amide bonds. The molecule has 2 heterocycles. The van der Waals surface area contributed by atoms with Crippen LogP contribution < -0.4 is 5.32 Å². The van der Waals surface area contributed by atoms with E-state index in [2.05, 4.69) is 21.7 Å². The number of ether oxygens (including phenoxy) is 1. The standard InChI is InChI=1S/C29H33N5O3/c1-20(22-9-11-23(12-10-22)24-6-4-5-21(17-24)18-30)31-28(36)29(13-15-37-16-14-29)34-19-26(32-33-34)25-7-2-3-8-27(25)35/h4-6,9-12,17,19-20,25,27,35H,2-3,7-8,13-16H2,1H3,(H,31,36). The molecule has 3 unspecified atom stereocenters. The molecule has 2 aliphatic rings. The van der Waals surface area contributed by atoms with Crippen LogP contribution in [0.2, 0.25) is 0 Å². The number of amides is 1. The molecule has 2 aromatic carbocycles. The Hall–Kier alpha value is -3.54. The van der Waals surface area contributed by atoms with Gasteiger partial charge in [0.05, 0.1) is 35.7 Å². The van der Waals surface area contributed by atoms with E-state index in [9.17, 15) is 15.2 Å². The second-order valence-corrected chi connectivity index (χ2v) is 10.2. The SMILES string of the molecule is CC(NC(=O)C1(n2cc(C3CCCCC3O)nn2)CCOCC1)c1ccc(-c2cccc(C#N)c2)cc1. The van der Waals surface area contributed by atoms with Gasteiger partial charge < -0.3 is 15.2 Å². The van der Waals surface area contributed by atoms with Crippen molar-refractivity contribution in [2.75, 3.05) is 13.2 Å². The van der Waals surface area contributed by atoms with Gasteiger partial charge in [-0.2, -0.15) is 5.26 Å². The van der Waals surface area contributed by atoms with Crippen LogP contribution in [0.4, 0.5) is 0 Å².